The number of hydrogen-bond donors (Lipinski definition) is 2. The fourth-order valence-corrected chi connectivity index (χ4v) is 3.14. The van der Waals surface area contributed by atoms with Crippen molar-refractivity contribution in [2.75, 3.05) is 0 Å². The molecule has 20 heavy (non-hydrogen) atoms. The monoisotopic (exact) mass is 289 g/mol. The van der Waals surface area contributed by atoms with E-state index in [1.165, 1.54) is 24.0 Å². The van der Waals surface area contributed by atoms with Gasteiger partial charge in [-0.25, -0.2) is 4.98 Å². The molecule has 2 unspecified atom stereocenters. The highest BCUT2D eigenvalue weighted by molar-refractivity contribution is 7.99. The lowest BCUT2D eigenvalue weighted by molar-refractivity contribution is 0.526. The molecule has 0 bridgehead atoms. The second kappa shape index (κ2) is 6.72. The Labute approximate surface area is 122 Å². The first-order valence-corrected chi connectivity index (χ1v) is 7.48. The van der Waals surface area contributed by atoms with Crippen LogP contribution in [0.1, 0.15) is 25.5 Å². The van der Waals surface area contributed by atoms with E-state index in [1.54, 1.807) is 0 Å². The van der Waals surface area contributed by atoms with Gasteiger partial charge in [0.05, 0.1) is 0 Å². The second-order valence-corrected chi connectivity index (χ2v) is 6.17. The Balaban J connectivity index is 2.21. The van der Waals surface area contributed by atoms with Crippen LogP contribution in [0.25, 0.3) is 0 Å². The normalized spacial score (nSPS) is 14.2. The van der Waals surface area contributed by atoms with Crippen molar-refractivity contribution >= 4 is 11.8 Å². The minimum atomic E-state index is -0.140. The molecular formula is C15H19N3OS. The van der Waals surface area contributed by atoms with Gasteiger partial charge in [0, 0.05) is 23.6 Å². The molecule has 106 valence electrons. The van der Waals surface area contributed by atoms with Crippen LogP contribution in [0.5, 0.6) is 0 Å². The summed E-state index contributed by atoms with van der Waals surface area (Å²) in [6, 6.07) is 11.3. The van der Waals surface area contributed by atoms with Crippen LogP contribution in [0.4, 0.5) is 0 Å². The van der Waals surface area contributed by atoms with Crippen molar-refractivity contribution in [1.82, 2.24) is 9.97 Å². The molecule has 0 spiro atoms. The van der Waals surface area contributed by atoms with E-state index in [0.29, 0.717) is 11.1 Å². The maximum atomic E-state index is 11.3. The summed E-state index contributed by atoms with van der Waals surface area (Å²) in [6.45, 7) is 4.25. The Kier molecular flexibility index (Phi) is 4.98. The zero-order valence-electron chi connectivity index (χ0n) is 11.6. The third-order valence-electron chi connectivity index (χ3n) is 3.09. The Morgan fingerprint density at radius 1 is 1.20 bits per heavy atom. The highest BCUT2D eigenvalue weighted by atomic mass is 32.2. The lowest BCUT2D eigenvalue weighted by atomic mass is 9.97. The van der Waals surface area contributed by atoms with Gasteiger partial charge in [-0.2, -0.15) is 0 Å². The van der Waals surface area contributed by atoms with Crippen molar-refractivity contribution in [2.45, 2.75) is 30.3 Å². The molecule has 1 heterocycles. The van der Waals surface area contributed by atoms with Crippen LogP contribution in [0, 0.1) is 5.92 Å². The minimum absolute atomic E-state index is 0.105. The molecule has 0 aliphatic heterocycles. The van der Waals surface area contributed by atoms with E-state index in [4.69, 9.17) is 5.73 Å². The summed E-state index contributed by atoms with van der Waals surface area (Å²) in [5, 5.41) is 0.755. The topological polar surface area (TPSA) is 71.8 Å². The molecule has 0 aliphatic carbocycles. The Bertz CT molecular complexity index is 597. The molecule has 0 aliphatic rings. The molecule has 0 saturated carbocycles. The number of aromatic nitrogens is 2. The predicted octanol–water partition coefficient (Wildman–Crippen LogP) is 2.59. The van der Waals surface area contributed by atoms with E-state index in [0.717, 1.165) is 5.56 Å². The van der Waals surface area contributed by atoms with Crippen LogP contribution in [-0.4, -0.2) is 15.2 Å². The third-order valence-corrected chi connectivity index (χ3v) is 4.63. The van der Waals surface area contributed by atoms with Gasteiger partial charge >= 0.3 is 0 Å². The zero-order valence-corrected chi connectivity index (χ0v) is 12.4. The fraction of sp³-hybridized carbons (Fsp3) is 0.333. The van der Waals surface area contributed by atoms with E-state index in [2.05, 4.69) is 23.8 Å². The smallest absolute Gasteiger partial charge is 0.251 e. The third kappa shape index (κ3) is 3.71. The van der Waals surface area contributed by atoms with E-state index in [1.807, 2.05) is 30.3 Å². The summed E-state index contributed by atoms with van der Waals surface area (Å²) < 4.78 is 0. The first-order chi connectivity index (χ1) is 9.58. The zero-order chi connectivity index (χ0) is 14.5. The Hall–Kier alpha value is -1.59. The van der Waals surface area contributed by atoms with Crippen molar-refractivity contribution in [3.8, 4) is 0 Å². The summed E-state index contributed by atoms with van der Waals surface area (Å²) in [6.07, 6.45) is 1.52. The number of benzene rings is 1. The van der Waals surface area contributed by atoms with Crippen LogP contribution in [0.2, 0.25) is 0 Å². The molecule has 1 aromatic heterocycles. The molecule has 4 nitrogen and oxygen atoms in total. The van der Waals surface area contributed by atoms with E-state index >= 15 is 0 Å². The summed E-state index contributed by atoms with van der Waals surface area (Å²) in [4.78, 5) is 18.3. The van der Waals surface area contributed by atoms with Crippen LogP contribution >= 0.6 is 11.8 Å². The molecule has 2 rings (SSSR count). The SMILES string of the molecule is CC(C)C(Sc1nccc(=O)[nH]1)C(N)c1ccccc1. The molecule has 0 radical (unpaired) electrons. The summed E-state index contributed by atoms with van der Waals surface area (Å²) in [5.41, 5.74) is 7.34. The van der Waals surface area contributed by atoms with Crippen molar-refractivity contribution in [3.05, 3.63) is 58.5 Å². The first kappa shape index (κ1) is 14.8. The molecule has 2 aromatic rings. The molecule has 0 amide bonds. The number of nitrogens with zero attached hydrogens (tertiary/aromatic N) is 1. The number of thioether (sulfide) groups is 1. The lowest BCUT2D eigenvalue weighted by Gasteiger charge is -2.26. The number of aromatic amines is 1. The van der Waals surface area contributed by atoms with Gasteiger partial charge in [0.2, 0.25) is 0 Å². The molecular weight excluding hydrogens is 270 g/mol. The van der Waals surface area contributed by atoms with Crippen LogP contribution < -0.4 is 11.3 Å². The number of nitrogens with two attached hydrogens (primary N) is 1. The molecule has 0 saturated heterocycles. The van der Waals surface area contributed by atoms with Gasteiger partial charge < -0.3 is 10.7 Å². The van der Waals surface area contributed by atoms with E-state index < -0.39 is 0 Å². The molecule has 0 fully saturated rings. The summed E-state index contributed by atoms with van der Waals surface area (Å²) in [5.74, 6) is 0.362. The summed E-state index contributed by atoms with van der Waals surface area (Å²) in [7, 11) is 0. The van der Waals surface area contributed by atoms with E-state index in [9.17, 15) is 4.79 Å². The Morgan fingerprint density at radius 3 is 2.50 bits per heavy atom. The second-order valence-electron chi connectivity index (χ2n) is 5.00. The molecule has 2 atom stereocenters. The van der Waals surface area contributed by atoms with Gasteiger partial charge in [0.1, 0.15) is 0 Å². The number of hydrogen-bond acceptors (Lipinski definition) is 4. The van der Waals surface area contributed by atoms with Crippen molar-refractivity contribution in [2.24, 2.45) is 11.7 Å². The number of H-pyrrole nitrogens is 1. The van der Waals surface area contributed by atoms with Gasteiger partial charge in [-0.3, -0.25) is 4.79 Å². The largest absolute Gasteiger partial charge is 0.323 e. The summed E-state index contributed by atoms with van der Waals surface area (Å²) >= 11 is 1.52. The minimum Gasteiger partial charge on any atom is -0.323 e. The van der Waals surface area contributed by atoms with Crippen molar-refractivity contribution < 1.29 is 0 Å². The average molecular weight is 289 g/mol. The predicted molar refractivity (Wildman–Crippen MR) is 82.7 cm³/mol. The lowest BCUT2D eigenvalue weighted by Crippen LogP contribution is -2.28. The molecule has 3 N–H and O–H groups in total. The average Bonchev–Trinajstić information content (AvgIpc) is 2.45. The van der Waals surface area contributed by atoms with Gasteiger partial charge in [0.25, 0.3) is 5.56 Å². The number of nitrogens with one attached hydrogen (secondary N) is 1. The highest BCUT2D eigenvalue weighted by Crippen LogP contribution is 2.33. The van der Waals surface area contributed by atoms with Crippen LogP contribution in [0.15, 0.2) is 52.5 Å². The molecule has 5 heteroatoms. The van der Waals surface area contributed by atoms with Crippen molar-refractivity contribution in [1.29, 1.82) is 0 Å². The maximum Gasteiger partial charge on any atom is 0.251 e. The molecule has 1 aromatic carbocycles. The standard InChI is InChI=1S/C15H19N3OS/c1-10(2)14(13(16)11-6-4-3-5-7-11)20-15-17-9-8-12(19)18-15/h3-10,13-14H,16H2,1-2H3,(H,17,18,19). The van der Waals surface area contributed by atoms with Crippen molar-refractivity contribution in [3.63, 3.8) is 0 Å². The van der Waals surface area contributed by atoms with Crippen LogP contribution in [0.3, 0.4) is 0 Å². The number of rotatable bonds is 5. The highest BCUT2D eigenvalue weighted by Gasteiger charge is 2.24. The van der Waals surface area contributed by atoms with Gasteiger partial charge in [-0.15, -0.1) is 0 Å². The maximum absolute atomic E-state index is 11.3. The first-order valence-electron chi connectivity index (χ1n) is 6.60. The van der Waals surface area contributed by atoms with E-state index in [-0.39, 0.29) is 16.9 Å². The van der Waals surface area contributed by atoms with Crippen LogP contribution in [-0.2, 0) is 0 Å². The van der Waals surface area contributed by atoms with Gasteiger partial charge in [-0.1, -0.05) is 55.9 Å². The van der Waals surface area contributed by atoms with Gasteiger partial charge in [-0.05, 0) is 11.5 Å². The quantitative estimate of drug-likeness (QED) is 0.655. The fourth-order valence-electron chi connectivity index (χ4n) is 2.03. The Morgan fingerprint density at radius 2 is 1.90 bits per heavy atom. The van der Waals surface area contributed by atoms with Gasteiger partial charge in [0.15, 0.2) is 5.16 Å².